The van der Waals surface area contributed by atoms with Crippen LogP contribution in [0, 0.1) is 12.7 Å². The summed E-state index contributed by atoms with van der Waals surface area (Å²) in [7, 11) is 0. The molecular formula is C26H23FN4O3. The van der Waals surface area contributed by atoms with Crippen LogP contribution in [0.2, 0.25) is 0 Å². The van der Waals surface area contributed by atoms with Gasteiger partial charge >= 0.3 is 5.69 Å². The largest absolute Gasteiger partial charge is 0.454 e. The summed E-state index contributed by atoms with van der Waals surface area (Å²) in [5, 5.41) is 0. The molecule has 0 unspecified atom stereocenters. The molecule has 8 heteroatoms. The zero-order valence-corrected chi connectivity index (χ0v) is 18.6. The van der Waals surface area contributed by atoms with E-state index in [1.165, 1.54) is 6.08 Å². The second-order valence-corrected chi connectivity index (χ2v) is 8.27. The van der Waals surface area contributed by atoms with E-state index in [0.29, 0.717) is 42.0 Å². The van der Waals surface area contributed by atoms with Crippen molar-refractivity contribution in [3.63, 3.8) is 0 Å². The van der Waals surface area contributed by atoms with Crippen molar-refractivity contribution in [3.8, 4) is 17.2 Å². The fraction of sp³-hybridized carbons (Fsp3) is 0.192. The summed E-state index contributed by atoms with van der Waals surface area (Å²) >= 11 is 0. The summed E-state index contributed by atoms with van der Waals surface area (Å²) in [5.41, 5.74) is 2.19. The van der Waals surface area contributed by atoms with Gasteiger partial charge in [-0.1, -0.05) is 24.8 Å². The van der Waals surface area contributed by atoms with E-state index < -0.39 is 5.82 Å². The van der Waals surface area contributed by atoms with E-state index in [4.69, 9.17) is 4.74 Å². The summed E-state index contributed by atoms with van der Waals surface area (Å²) in [5.74, 6) is -0.0475. The highest BCUT2D eigenvalue weighted by Gasteiger charge is 2.30. The minimum Gasteiger partial charge on any atom is -0.454 e. The van der Waals surface area contributed by atoms with Crippen LogP contribution in [-0.2, 0) is 4.79 Å². The molecule has 0 spiro atoms. The van der Waals surface area contributed by atoms with Gasteiger partial charge in [-0.05, 0) is 49.2 Å². The number of carbonyl (C=O) groups is 1. The maximum absolute atomic E-state index is 14.4. The molecule has 0 radical (unpaired) electrons. The standard InChI is InChI=1S/C26H23FN4O3/c1-3-24(32)29-13-11-19(16-29)31-21-10-12-28-15-22(21)30(26(31)33)18-7-5-8-20(14-18)34-23-9-4-6-17(2)25(23)27/h3-10,12,14-15,19H,1,11,13,16H2,2H3/t19-/m1/s1. The highest BCUT2D eigenvalue weighted by atomic mass is 19.1. The maximum Gasteiger partial charge on any atom is 0.334 e. The van der Waals surface area contributed by atoms with Crippen molar-refractivity contribution in [1.29, 1.82) is 0 Å². The summed E-state index contributed by atoms with van der Waals surface area (Å²) < 4.78 is 23.5. The van der Waals surface area contributed by atoms with Gasteiger partial charge in [0.25, 0.3) is 0 Å². The molecule has 1 saturated heterocycles. The summed E-state index contributed by atoms with van der Waals surface area (Å²) in [4.78, 5) is 31.6. The number of benzene rings is 2. The number of fused-ring (bicyclic) bond motifs is 1. The first-order valence-electron chi connectivity index (χ1n) is 11.0. The molecule has 4 aromatic rings. The third kappa shape index (κ3) is 3.67. The van der Waals surface area contributed by atoms with Crippen molar-refractivity contribution < 1.29 is 13.9 Å². The van der Waals surface area contributed by atoms with Gasteiger partial charge in [-0.25, -0.2) is 9.18 Å². The van der Waals surface area contributed by atoms with Gasteiger partial charge in [0.15, 0.2) is 11.6 Å². The zero-order chi connectivity index (χ0) is 23.8. The van der Waals surface area contributed by atoms with Gasteiger partial charge in [0, 0.05) is 25.4 Å². The SMILES string of the molecule is C=CC(=O)N1CC[C@@H](n2c(=O)n(-c3cccc(Oc4cccc(C)c4F)c3)c3cnccc32)C1. The highest BCUT2D eigenvalue weighted by Crippen LogP contribution is 2.30. The molecular weight excluding hydrogens is 435 g/mol. The molecule has 0 N–H and O–H groups in total. The predicted molar refractivity (Wildman–Crippen MR) is 127 cm³/mol. The Hall–Kier alpha value is -4.20. The van der Waals surface area contributed by atoms with Crippen LogP contribution < -0.4 is 10.4 Å². The number of imidazole rings is 1. The van der Waals surface area contributed by atoms with Crippen molar-refractivity contribution in [1.82, 2.24) is 19.0 Å². The van der Waals surface area contributed by atoms with Crippen LogP contribution in [-0.4, -0.2) is 38.0 Å². The molecule has 0 aliphatic carbocycles. The van der Waals surface area contributed by atoms with Crippen LogP contribution in [0.15, 0.2) is 78.4 Å². The minimum absolute atomic E-state index is 0.117. The zero-order valence-electron chi connectivity index (χ0n) is 18.6. The number of halogens is 1. The Morgan fingerprint density at radius 1 is 1.21 bits per heavy atom. The average Bonchev–Trinajstić information content (AvgIpc) is 3.43. The van der Waals surface area contributed by atoms with E-state index in [1.807, 2.05) is 0 Å². The Kier molecular flexibility index (Phi) is 5.49. The highest BCUT2D eigenvalue weighted by molar-refractivity contribution is 5.87. The van der Waals surface area contributed by atoms with Crippen LogP contribution in [0.5, 0.6) is 11.5 Å². The molecule has 0 bridgehead atoms. The van der Waals surface area contributed by atoms with Crippen LogP contribution in [0.3, 0.4) is 0 Å². The van der Waals surface area contributed by atoms with Crippen LogP contribution in [0.1, 0.15) is 18.0 Å². The number of carbonyl (C=O) groups excluding carboxylic acids is 1. The molecule has 0 saturated carbocycles. The van der Waals surface area contributed by atoms with E-state index >= 15 is 0 Å². The second kappa shape index (κ2) is 8.62. The number of rotatable bonds is 5. The molecule has 1 fully saturated rings. The van der Waals surface area contributed by atoms with E-state index in [9.17, 15) is 14.0 Å². The Labute approximate surface area is 195 Å². The smallest absolute Gasteiger partial charge is 0.334 e. The Morgan fingerprint density at radius 3 is 2.85 bits per heavy atom. The lowest BCUT2D eigenvalue weighted by atomic mass is 10.2. The van der Waals surface area contributed by atoms with E-state index in [-0.39, 0.29) is 23.4 Å². The van der Waals surface area contributed by atoms with E-state index in [1.54, 1.807) is 81.9 Å². The lowest BCUT2D eigenvalue weighted by Crippen LogP contribution is -2.31. The predicted octanol–water partition coefficient (Wildman–Crippen LogP) is 4.39. The van der Waals surface area contributed by atoms with Gasteiger partial charge < -0.3 is 9.64 Å². The number of nitrogens with zero attached hydrogens (tertiary/aromatic N) is 4. The normalized spacial score (nSPS) is 15.6. The third-order valence-corrected chi connectivity index (χ3v) is 6.15. The van der Waals surface area contributed by atoms with Gasteiger partial charge in [0.1, 0.15) is 5.75 Å². The Balaban J connectivity index is 1.57. The molecule has 1 atom stereocenters. The van der Waals surface area contributed by atoms with Gasteiger partial charge in [0.2, 0.25) is 5.91 Å². The number of aromatic nitrogens is 3. The van der Waals surface area contributed by atoms with Crippen molar-refractivity contribution in [2.75, 3.05) is 13.1 Å². The molecule has 34 heavy (non-hydrogen) atoms. The van der Waals surface area contributed by atoms with Gasteiger partial charge in [-0.15, -0.1) is 0 Å². The van der Waals surface area contributed by atoms with Gasteiger partial charge in [-0.3, -0.25) is 18.9 Å². The Morgan fingerprint density at radius 2 is 2.03 bits per heavy atom. The number of amides is 1. The molecule has 1 amide bonds. The first-order valence-corrected chi connectivity index (χ1v) is 11.0. The fourth-order valence-electron chi connectivity index (χ4n) is 4.47. The molecule has 2 aromatic carbocycles. The maximum atomic E-state index is 14.4. The van der Waals surface area contributed by atoms with E-state index in [2.05, 4.69) is 11.6 Å². The molecule has 1 aliphatic rings. The van der Waals surface area contributed by atoms with Crippen molar-refractivity contribution in [2.24, 2.45) is 0 Å². The van der Waals surface area contributed by atoms with Crippen molar-refractivity contribution >= 4 is 16.9 Å². The molecule has 5 rings (SSSR count). The lowest BCUT2D eigenvalue weighted by Gasteiger charge is -2.15. The molecule has 2 aromatic heterocycles. The quantitative estimate of drug-likeness (QED) is 0.416. The second-order valence-electron chi connectivity index (χ2n) is 8.27. The van der Waals surface area contributed by atoms with Gasteiger partial charge in [-0.2, -0.15) is 0 Å². The molecule has 1 aliphatic heterocycles. The first-order chi connectivity index (χ1) is 16.5. The topological polar surface area (TPSA) is 69.4 Å². The minimum atomic E-state index is -0.425. The Bertz CT molecular complexity index is 1470. The number of aryl methyl sites for hydroxylation is 1. The third-order valence-electron chi connectivity index (χ3n) is 6.15. The van der Waals surface area contributed by atoms with Crippen molar-refractivity contribution in [3.05, 3.63) is 95.4 Å². The van der Waals surface area contributed by atoms with Crippen molar-refractivity contribution in [2.45, 2.75) is 19.4 Å². The number of pyridine rings is 1. The number of hydrogen-bond donors (Lipinski definition) is 0. The van der Waals surface area contributed by atoms with Crippen LogP contribution >= 0.6 is 0 Å². The number of hydrogen-bond acceptors (Lipinski definition) is 4. The van der Waals surface area contributed by atoms with E-state index in [0.717, 1.165) is 5.52 Å². The van der Waals surface area contributed by atoms with Crippen LogP contribution in [0.4, 0.5) is 4.39 Å². The molecule has 7 nitrogen and oxygen atoms in total. The summed E-state index contributed by atoms with van der Waals surface area (Å²) in [6, 6.07) is 13.6. The van der Waals surface area contributed by atoms with Crippen LogP contribution in [0.25, 0.3) is 16.7 Å². The summed E-state index contributed by atoms with van der Waals surface area (Å²) in [6.45, 7) is 6.22. The summed E-state index contributed by atoms with van der Waals surface area (Å²) in [6.07, 6.45) is 5.24. The first kappa shape index (κ1) is 21.6. The average molecular weight is 458 g/mol. The number of ether oxygens (including phenoxy) is 1. The number of likely N-dealkylation sites (tertiary alicyclic amines) is 1. The molecule has 172 valence electrons. The van der Waals surface area contributed by atoms with Gasteiger partial charge in [0.05, 0.1) is 29.0 Å². The fourth-order valence-corrected chi connectivity index (χ4v) is 4.47. The lowest BCUT2D eigenvalue weighted by molar-refractivity contribution is -0.125. The monoisotopic (exact) mass is 458 g/mol. The molecule has 3 heterocycles.